The van der Waals surface area contributed by atoms with Crippen molar-refractivity contribution in [1.29, 1.82) is 0 Å². The number of aliphatic hydroxyl groups is 1. The molecule has 3 nitrogen and oxygen atoms in total. The van der Waals surface area contributed by atoms with E-state index >= 15 is 0 Å². The lowest BCUT2D eigenvalue weighted by Crippen LogP contribution is -2.31. The first-order chi connectivity index (χ1) is 7.19. The number of carbonyl (C=O) groups excluding carboxylic acids is 1. The van der Waals surface area contributed by atoms with E-state index in [1.807, 2.05) is 0 Å². The first kappa shape index (κ1) is 12.3. The highest BCUT2D eigenvalue weighted by atomic mass is 35.5. The molecule has 0 spiro atoms. The van der Waals surface area contributed by atoms with E-state index in [0.29, 0.717) is 10.6 Å². The molecule has 1 amide bonds. The van der Waals surface area contributed by atoms with Crippen LogP contribution >= 0.6 is 23.2 Å². The largest absolute Gasteiger partial charge is 0.394 e. The second-order valence-electron chi connectivity index (χ2n) is 2.96. The summed E-state index contributed by atoms with van der Waals surface area (Å²) in [7, 11) is 0. The van der Waals surface area contributed by atoms with Crippen LogP contribution in [0.5, 0.6) is 0 Å². The number of hydrogen-bond acceptors (Lipinski definition) is 2. The molecule has 1 atom stereocenters. The van der Waals surface area contributed by atoms with Gasteiger partial charge in [0.1, 0.15) is 5.88 Å². The monoisotopic (exact) mass is 247 g/mol. The molecule has 0 bridgehead atoms. The lowest BCUT2D eigenvalue weighted by Gasteiger charge is -2.17. The van der Waals surface area contributed by atoms with Crippen molar-refractivity contribution in [2.75, 3.05) is 12.5 Å². The summed E-state index contributed by atoms with van der Waals surface area (Å²) < 4.78 is 0. The Morgan fingerprint density at radius 3 is 2.67 bits per heavy atom. The van der Waals surface area contributed by atoms with Crippen molar-refractivity contribution in [3.8, 4) is 0 Å². The van der Waals surface area contributed by atoms with Crippen LogP contribution in [0.4, 0.5) is 0 Å². The van der Waals surface area contributed by atoms with Crippen molar-refractivity contribution in [3.63, 3.8) is 0 Å². The van der Waals surface area contributed by atoms with Crippen molar-refractivity contribution < 1.29 is 9.90 Å². The van der Waals surface area contributed by atoms with Gasteiger partial charge in [0.25, 0.3) is 0 Å². The molecule has 0 heterocycles. The van der Waals surface area contributed by atoms with E-state index in [0.717, 1.165) is 0 Å². The van der Waals surface area contributed by atoms with E-state index in [4.69, 9.17) is 28.3 Å². The van der Waals surface area contributed by atoms with E-state index in [1.54, 1.807) is 24.3 Å². The SMILES string of the molecule is O=C(CCl)NC(CO)c1ccccc1Cl. The first-order valence-corrected chi connectivity index (χ1v) is 5.31. The molecular weight excluding hydrogens is 237 g/mol. The zero-order chi connectivity index (χ0) is 11.3. The van der Waals surface area contributed by atoms with E-state index in [-0.39, 0.29) is 18.4 Å². The van der Waals surface area contributed by atoms with Gasteiger partial charge in [-0.25, -0.2) is 0 Å². The van der Waals surface area contributed by atoms with Crippen LogP contribution in [-0.2, 0) is 4.79 Å². The summed E-state index contributed by atoms with van der Waals surface area (Å²) in [4.78, 5) is 11.1. The molecular formula is C10H11Cl2NO2. The van der Waals surface area contributed by atoms with Crippen LogP contribution < -0.4 is 5.32 Å². The first-order valence-electron chi connectivity index (χ1n) is 4.39. The van der Waals surface area contributed by atoms with Crippen molar-refractivity contribution in [2.45, 2.75) is 6.04 Å². The average molecular weight is 248 g/mol. The molecule has 1 aromatic rings. The highest BCUT2D eigenvalue weighted by molar-refractivity contribution is 6.31. The van der Waals surface area contributed by atoms with Crippen molar-refractivity contribution in [1.82, 2.24) is 5.32 Å². The van der Waals surface area contributed by atoms with Gasteiger partial charge in [0.05, 0.1) is 12.6 Å². The number of halogens is 2. The van der Waals surface area contributed by atoms with Crippen LogP contribution in [0, 0.1) is 0 Å². The number of carbonyl (C=O) groups is 1. The molecule has 2 N–H and O–H groups in total. The lowest BCUT2D eigenvalue weighted by atomic mass is 10.1. The summed E-state index contributed by atoms with van der Waals surface area (Å²) in [6, 6.07) is 6.51. The van der Waals surface area contributed by atoms with Gasteiger partial charge in [0.2, 0.25) is 5.91 Å². The summed E-state index contributed by atoms with van der Waals surface area (Å²) >= 11 is 11.3. The maximum Gasteiger partial charge on any atom is 0.235 e. The van der Waals surface area contributed by atoms with Crippen molar-refractivity contribution >= 4 is 29.1 Å². The van der Waals surface area contributed by atoms with Gasteiger partial charge in [-0.2, -0.15) is 0 Å². The second-order valence-corrected chi connectivity index (χ2v) is 3.63. The normalized spacial score (nSPS) is 12.2. The van der Waals surface area contributed by atoms with E-state index < -0.39 is 6.04 Å². The molecule has 0 aliphatic heterocycles. The van der Waals surface area contributed by atoms with Crippen LogP contribution in [0.25, 0.3) is 0 Å². The van der Waals surface area contributed by atoms with Gasteiger partial charge in [-0.1, -0.05) is 29.8 Å². The minimum Gasteiger partial charge on any atom is -0.394 e. The number of rotatable bonds is 4. The maximum atomic E-state index is 11.1. The van der Waals surface area contributed by atoms with Gasteiger partial charge < -0.3 is 10.4 Å². The number of aliphatic hydroxyl groups excluding tert-OH is 1. The standard InChI is InChI=1S/C10H11Cl2NO2/c11-5-10(15)13-9(6-14)7-3-1-2-4-8(7)12/h1-4,9,14H,5-6H2,(H,13,15). The van der Waals surface area contributed by atoms with E-state index in [2.05, 4.69) is 5.32 Å². The molecule has 15 heavy (non-hydrogen) atoms. The fourth-order valence-corrected chi connectivity index (χ4v) is 1.56. The van der Waals surface area contributed by atoms with Gasteiger partial charge in [-0.15, -0.1) is 11.6 Å². The molecule has 5 heteroatoms. The molecule has 1 aromatic carbocycles. The second kappa shape index (κ2) is 5.95. The third kappa shape index (κ3) is 3.38. The minimum absolute atomic E-state index is 0.138. The van der Waals surface area contributed by atoms with Crippen LogP contribution in [0.2, 0.25) is 5.02 Å². The Labute approximate surface area is 98.0 Å². The maximum absolute atomic E-state index is 11.1. The summed E-state index contributed by atoms with van der Waals surface area (Å²) in [6.45, 7) is -0.216. The summed E-state index contributed by atoms with van der Waals surface area (Å²) in [5, 5.41) is 12.2. The van der Waals surface area contributed by atoms with Gasteiger partial charge in [-0.3, -0.25) is 4.79 Å². The topological polar surface area (TPSA) is 49.3 Å². The molecule has 0 saturated carbocycles. The predicted octanol–water partition coefficient (Wildman–Crippen LogP) is 1.73. The predicted molar refractivity (Wildman–Crippen MR) is 60.1 cm³/mol. The smallest absolute Gasteiger partial charge is 0.235 e. The van der Waals surface area contributed by atoms with Crippen molar-refractivity contribution in [2.24, 2.45) is 0 Å². The van der Waals surface area contributed by atoms with Crippen molar-refractivity contribution in [3.05, 3.63) is 34.9 Å². The molecule has 0 aliphatic rings. The molecule has 0 fully saturated rings. The third-order valence-corrected chi connectivity index (χ3v) is 2.51. The molecule has 0 radical (unpaired) electrons. The number of amides is 1. The molecule has 82 valence electrons. The Kier molecular flexibility index (Phi) is 4.88. The highest BCUT2D eigenvalue weighted by Crippen LogP contribution is 2.22. The summed E-state index contributed by atoms with van der Waals surface area (Å²) in [5.74, 6) is -0.475. The Morgan fingerprint density at radius 1 is 1.47 bits per heavy atom. The van der Waals surface area contributed by atoms with Gasteiger partial charge in [0, 0.05) is 5.02 Å². The zero-order valence-corrected chi connectivity index (χ0v) is 9.42. The number of nitrogens with one attached hydrogen (secondary N) is 1. The summed E-state index contributed by atoms with van der Waals surface area (Å²) in [5.41, 5.74) is 0.681. The van der Waals surface area contributed by atoms with Crippen LogP contribution in [0.1, 0.15) is 11.6 Å². The fourth-order valence-electron chi connectivity index (χ4n) is 1.21. The Morgan fingerprint density at radius 2 is 2.13 bits per heavy atom. The zero-order valence-electron chi connectivity index (χ0n) is 7.91. The number of benzene rings is 1. The molecule has 0 aliphatic carbocycles. The molecule has 0 aromatic heterocycles. The number of hydrogen-bond donors (Lipinski definition) is 2. The highest BCUT2D eigenvalue weighted by Gasteiger charge is 2.15. The average Bonchev–Trinajstić information content (AvgIpc) is 2.26. The van der Waals surface area contributed by atoms with Crippen LogP contribution in [-0.4, -0.2) is 23.5 Å². The molecule has 0 saturated heterocycles. The lowest BCUT2D eigenvalue weighted by molar-refractivity contribution is -0.119. The van der Waals surface area contributed by atoms with Gasteiger partial charge in [0.15, 0.2) is 0 Å². The molecule has 1 unspecified atom stereocenters. The van der Waals surface area contributed by atoms with Gasteiger partial charge in [-0.05, 0) is 11.6 Å². The van der Waals surface area contributed by atoms with Gasteiger partial charge >= 0.3 is 0 Å². The quantitative estimate of drug-likeness (QED) is 0.797. The minimum atomic E-state index is -0.509. The number of alkyl halides is 1. The van der Waals surface area contributed by atoms with Crippen LogP contribution in [0.15, 0.2) is 24.3 Å². The Balaban J connectivity index is 2.83. The van der Waals surface area contributed by atoms with E-state index in [9.17, 15) is 4.79 Å². The molecule has 1 rings (SSSR count). The Bertz CT molecular complexity index is 344. The summed E-state index contributed by atoms with van der Waals surface area (Å²) in [6.07, 6.45) is 0. The fraction of sp³-hybridized carbons (Fsp3) is 0.300. The Hall–Kier alpha value is -0.770. The van der Waals surface area contributed by atoms with Crippen LogP contribution in [0.3, 0.4) is 0 Å². The third-order valence-electron chi connectivity index (χ3n) is 1.92. The van der Waals surface area contributed by atoms with E-state index in [1.165, 1.54) is 0 Å².